The highest BCUT2D eigenvalue weighted by Gasteiger charge is 2.46. The fraction of sp³-hybridized carbons (Fsp3) is 0.333. The highest BCUT2D eigenvalue weighted by Crippen LogP contribution is 2.51. The molecule has 0 aliphatic carbocycles. The van der Waals surface area contributed by atoms with Gasteiger partial charge in [0.2, 0.25) is 0 Å². The zero-order valence-electron chi connectivity index (χ0n) is 13.2. The van der Waals surface area contributed by atoms with E-state index in [9.17, 15) is 0 Å². The third kappa shape index (κ3) is 2.81. The van der Waals surface area contributed by atoms with Gasteiger partial charge >= 0.3 is 0 Å². The fourth-order valence-electron chi connectivity index (χ4n) is 3.35. The molecule has 0 amide bonds. The van der Waals surface area contributed by atoms with Crippen LogP contribution in [0.25, 0.3) is 0 Å². The summed E-state index contributed by atoms with van der Waals surface area (Å²) in [6, 6.07) is 22.5. The molecule has 0 radical (unpaired) electrons. The fourth-order valence-corrected chi connectivity index (χ4v) is 5.15. The predicted molar refractivity (Wildman–Crippen MR) is 98.5 cm³/mol. The Morgan fingerprint density at radius 3 is 1.36 bits per heavy atom. The zero-order chi connectivity index (χ0) is 15.5. The molecule has 0 aromatic heterocycles. The molecule has 0 saturated carbocycles. The first kappa shape index (κ1) is 15.9. The molecule has 3 rings (SSSR count). The maximum absolute atomic E-state index is 2.52. The SMILES string of the molecule is CSN1C(c2ccccc2)C(c2ccccc2)N(SC)C1C. The van der Waals surface area contributed by atoms with Gasteiger partial charge in [0.1, 0.15) is 0 Å². The minimum atomic E-state index is 0.362. The number of rotatable bonds is 4. The molecule has 1 aliphatic rings. The summed E-state index contributed by atoms with van der Waals surface area (Å²) in [7, 11) is 0. The molecule has 2 aromatic rings. The Hall–Kier alpha value is -0.940. The van der Waals surface area contributed by atoms with Crippen LogP contribution in [0.15, 0.2) is 60.7 Å². The first-order valence-electron chi connectivity index (χ1n) is 7.52. The van der Waals surface area contributed by atoms with Crippen molar-refractivity contribution in [1.29, 1.82) is 0 Å². The minimum absolute atomic E-state index is 0.362. The quantitative estimate of drug-likeness (QED) is 0.728. The van der Waals surface area contributed by atoms with Crippen LogP contribution in [0.5, 0.6) is 0 Å². The average molecular weight is 331 g/mol. The Balaban J connectivity index is 2.08. The van der Waals surface area contributed by atoms with Crippen molar-refractivity contribution in [2.75, 3.05) is 12.5 Å². The molecule has 2 unspecified atom stereocenters. The lowest BCUT2D eigenvalue weighted by Gasteiger charge is -2.27. The third-order valence-electron chi connectivity index (χ3n) is 4.29. The molecule has 22 heavy (non-hydrogen) atoms. The Morgan fingerprint density at radius 1 is 0.682 bits per heavy atom. The second kappa shape index (κ2) is 7.09. The van der Waals surface area contributed by atoms with Gasteiger partial charge in [0.05, 0.1) is 18.2 Å². The van der Waals surface area contributed by atoms with Crippen molar-refractivity contribution in [1.82, 2.24) is 8.61 Å². The highest BCUT2D eigenvalue weighted by atomic mass is 32.2. The molecular weight excluding hydrogens is 308 g/mol. The van der Waals surface area contributed by atoms with Crippen LogP contribution in [0.1, 0.15) is 30.1 Å². The van der Waals surface area contributed by atoms with E-state index in [1.807, 2.05) is 23.9 Å². The molecule has 1 aliphatic heterocycles. The van der Waals surface area contributed by atoms with Crippen molar-refractivity contribution in [2.24, 2.45) is 0 Å². The van der Waals surface area contributed by atoms with Crippen LogP contribution < -0.4 is 0 Å². The highest BCUT2D eigenvalue weighted by molar-refractivity contribution is 7.97. The molecule has 1 fully saturated rings. The van der Waals surface area contributed by atoms with Crippen molar-refractivity contribution in [3.63, 3.8) is 0 Å². The molecule has 1 saturated heterocycles. The topological polar surface area (TPSA) is 6.48 Å². The van der Waals surface area contributed by atoms with E-state index < -0.39 is 0 Å². The molecule has 4 heteroatoms. The maximum atomic E-state index is 2.52. The summed E-state index contributed by atoms with van der Waals surface area (Å²) < 4.78 is 5.03. The van der Waals surface area contributed by atoms with Gasteiger partial charge < -0.3 is 0 Å². The normalized spacial score (nSPS) is 26.4. The molecule has 0 bridgehead atoms. The first-order chi connectivity index (χ1) is 10.8. The summed E-state index contributed by atoms with van der Waals surface area (Å²) >= 11 is 3.68. The van der Waals surface area contributed by atoms with E-state index in [2.05, 4.69) is 88.7 Å². The van der Waals surface area contributed by atoms with Crippen molar-refractivity contribution in [3.05, 3.63) is 71.8 Å². The molecule has 2 nitrogen and oxygen atoms in total. The lowest BCUT2D eigenvalue weighted by Crippen LogP contribution is -2.28. The molecule has 116 valence electrons. The number of benzene rings is 2. The number of hydrogen-bond donors (Lipinski definition) is 0. The van der Waals surface area contributed by atoms with Crippen molar-refractivity contribution < 1.29 is 0 Å². The van der Waals surface area contributed by atoms with Crippen LogP contribution in [0.2, 0.25) is 0 Å². The van der Waals surface area contributed by atoms with Crippen molar-refractivity contribution in [2.45, 2.75) is 25.2 Å². The van der Waals surface area contributed by atoms with Gasteiger partial charge in [-0.1, -0.05) is 84.6 Å². The Morgan fingerprint density at radius 2 is 1.05 bits per heavy atom. The van der Waals surface area contributed by atoms with Crippen LogP contribution in [-0.2, 0) is 0 Å². The average Bonchev–Trinajstić information content (AvgIpc) is 2.88. The summed E-state index contributed by atoms with van der Waals surface area (Å²) in [5.74, 6) is 0. The van der Waals surface area contributed by atoms with E-state index in [0.29, 0.717) is 18.2 Å². The molecule has 2 atom stereocenters. The van der Waals surface area contributed by atoms with Gasteiger partial charge in [-0.05, 0) is 30.6 Å². The number of nitrogens with zero attached hydrogens (tertiary/aromatic N) is 2. The molecular formula is C18H22N2S2. The van der Waals surface area contributed by atoms with Crippen LogP contribution in [0.4, 0.5) is 0 Å². The summed E-state index contributed by atoms with van der Waals surface area (Å²) in [6.45, 7) is 2.30. The largest absolute Gasteiger partial charge is 0.224 e. The second-order valence-electron chi connectivity index (χ2n) is 5.43. The zero-order valence-corrected chi connectivity index (χ0v) is 14.8. The van der Waals surface area contributed by atoms with Gasteiger partial charge in [0.15, 0.2) is 0 Å². The summed E-state index contributed by atoms with van der Waals surface area (Å²) in [5, 5.41) is 0. The van der Waals surface area contributed by atoms with Gasteiger partial charge in [-0.15, -0.1) is 0 Å². The summed E-state index contributed by atoms with van der Waals surface area (Å²) in [5.41, 5.74) is 2.77. The van der Waals surface area contributed by atoms with E-state index in [4.69, 9.17) is 0 Å². The van der Waals surface area contributed by atoms with Gasteiger partial charge in [0.25, 0.3) is 0 Å². The van der Waals surface area contributed by atoms with E-state index in [1.165, 1.54) is 11.1 Å². The van der Waals surface area contributed by atoms with Gasteiger partial charge in [0, 0.05) is 0 Å². The summed E-state index contributed by atoms with van der Waals surface area (Å²) in [4.78, 5) is 0. The van der Waals surface area contributed by atoms with Gasteiger partial charge in [-0.3, -0.25) is 0 Å². The minimum Gasteiger partial charge on any atom is -0.224 e. The maximum Gasteiger partial charge on any atom is 0.0803 e. The molecule has 2 aromatic carbocycles. The molecule has 0 N–H and O–H groups in total. The van der Waals surface area contributed by atoms with Crippen molar-refractivity contribution >= 4 is 23.9 Å². The van der Waals surface area contributed by atoms with Crippen LogP contribution in [-0.4, -0.2) is 27.3 Å². The Bertz CT molecular complexity index is 537. The van der Waals surface area contributed by atoms with E-state index >= 15 is 0 Å². The standard InChI is InChI=1S/C18H22N2S2/c1-14-19(21-2)17(15-10-6-4-7-11-15)18(20(14)22-3)16-12-8-5-9-13-16/h4-14,17-18H,1-3H3. The first-order valence-corrected chi connectivity index (χ1v) is 9.89. The lowest BCUT2D eigenvalue weighted by atomic mass is 9.95. The van der Waals surface area contributed by atoms with Gasteiger partial charge in [-0.2, -0.15) is 0 Å². The van der Waals surface area contributed by atoms with Crippen molar-refractivity contribution in [3.8, 4) is 0 Å². The monoisotopic (exact) mass is 330 g/mol. The third-order valence-corrected chi connectivity index (χ3v) is 6.20. The molecule has 0 spiro atoms. The van der Waals surface area contributed by atoms with E-state index in [0.717, 1.165) is 0 Å². The lowest BCUT2D eigenvalue weighted by molar-refractivity contribution is 0.323. The second-order valence-corrected chi connectivity index (χ2v) is 7.00. The Labute approximate surface area is 142 Å². The van der Waals surface area contributed by atoms with E-state index in [1.54, 1.807) is 0 Å². The number of hydrogen-bond acceptors (Lipinski definition) is 4. The van der Waals surface area contributed by atoms with Crippen LogP contribution in [0, 0.1) is 0 Å². The van der Waals surface area contributed by atoms with Crippen LogP contribution in [0.3, 0.4) is 0 Å². The van der Waals surface area contributed by atoms with Gasteiger partial charge in [-0.25, -0.2) is 8.61 Å². The summed E-state index contributed by atoms with van der Waals surface area (Å²) in [6.07, 6.45) is 4.75. The predicted octanol–water partition coefficient (Wildman–Crippen LogP) is 4.99. The van der Waals surface area contributed by atoms with E-state index in [-0.39, 0.29) is 0 Å². The molecule has 1 heterocycles. The Kier molecular flexibility index (Phi) is 5.14. The van der Waals surface area contributed by atoms with Crippen LogP contribution >= 0.6 is 23.9 Å². The smallest absolute Gasteiger partial charge is 0.0803 e.